The molecular weight excluding hydrogens is 350 g/mol. The highest BCUT2D eigenvalue weighted by Gasteiger charge is 2.17. The van der Waals surface area contributed by atoms with Crippen LogP contribution in [0.15, 0.2) is 47.4 Å². The Hall–Kier alpha value is -3.38. The van der Waals surface area contributed by atoms with Crippen LogP contribution in [0.2, 0.25) is 0 Å². The first-order valence-electron chi connectivity index (χ1n) is 9.22. The van der Waals surface area contributed by atoms with Gasteiger partial charge in [0, 0.05) is 29.0 Å². The highest BCUT2D eigenvalue weighted by atomic mass is 16.1. The maximum absolute atomic E-state index is 13.1. The van der Waals surface area contributed by atoms with Crippen molar-refractivity contribution in [2.75, 3.05) is 20.6 Å². The van der Waals surface area contributed by atoms with Gasteiger partial charge in [-0.15, -0.1) is 0 Å². The van der Waals surface area contributed by atoms with E-state index >= 15 is 0 Å². The number of fused-ring (bicyclic) bond motifs is 4. The average molecular weight is 369 g/mol. The van der Waals surface area contributed by atoms with E-state index in [2.05, 4.69) is 46.1 Å². The molecule has 0 aliphatic heterocycles. The highest BCUT2D eigenvalue weighted by molar-refractivity contribution is 6.23. The van der Waals surface area contributed by atoms with Crippen molar-refractivity contribution in [3.8, 4) is 0 Å². The van der Waals surface area contributed by atoms with Crippen molar-refractivity contribution in [1.29, 1.82) is 5.41 Å². The summed E-state index contributed by atoms with van der Waals surface area (Å²) in [6.45, 7) is 0.956. The molecule has 0 saturated heterocycles. The second-order valence-corrected chi connectivity index (χ2v) is 7.44. The van der Waals surface area contributed by atoms with Gasteiger partial charge in [0.15, 0.2) is 0 Å². The number of rotatable bonds is 3. The number of pyridine rings is 3. The summed E-state index contributed by atoms with van der Waals surface area (Å²) < 4.78 is 0. The fourth-order valence-corrected chi connectivity index (χ4v) is 3.89. The van der Waals surface area contributed by atoms with Gasteiger partial charge in [-0.05, 0) is 61.8 Å². The Labute approximate surface area is 160 Å². The maximum Gasteiger partial charge on any atom is 0.212 e. The maximum atomic E-state index is 13.1. The molecule has 3 heterocycles. The van der Waals surface area contributed by atoms with Crippen LogP contribution in [0, 0.1) is 5.41 Å². The molecule has 6 nitrogen and oxygen atoms in total. The van der Waals surface area contributed by atoms with E-state index < -0.39 is 0 Å². The molecular formula is C22H19N5O. The molecule has 6 heteroatoms. The molecule has 0 aliphatic carbocycles. The molecule has 138 valence electrons. The molecule has 2 aromatic carbocycles. The van der Waals surface area contributed by atoms with Crippen LogP contribution in [0.25, 0.3) is 43.6 Å². The fraction of sp³-hybridized carbons (Fsp3) is 0.182. The van der Waals surface area contributed by atoms with E-state index in [0.717, 1.165) is 34.6 Å². The quantitative estimate of drug-likeness (QED) is 0.378. The van der Waals surface area contributed by atoms with Crippen molar-refractivity contribution in [3.05, 3.63) is 63.9 Å². The van der Waals surface area contributed by atoms with Crippen LogP contribution in [-0.2, 0) is 6.42 Å². The molecule has 0 aliphatic rings. The topological polar surface area (TPSA) is 85.7 Å². The Morgan fingerprint density at radius 2 is 1.93 bits per heavy atom. The van der Waals surface area contributed by atoms with E-state index in [1.54, 1.807) is 24.4 Å². The van der Waals surface area contributed by atoms with Gasteiger partial charge in [-0.25, -0.2) is 4.98 Å². The molecule has 5 aromatic rings. The van der Waals surface area contributed by atoms with Crippen molar-refractivity contribution in [2.24, 2.45) is 0 Å². The predicted molar refractivity (Wildman–Crippen MR) is 112 cm³/mol. The van der Waals surface area contributed by atoms with Gasteiger partial charge < -0.3 is 9.88 Å². The van der Waals surface area contributed by atoms with E-state index in [-0.39, 0.29) is 10.9 Å². The Morgan fingerprint density at radius 1 is 1.07 bits per heavy atom. The third kappa shape index (κ3) is 2.46. The van der Waals surface area contributed by atoms with Gasteiger partial charge in [-0.1, -0.05) is 6.07 Å². The minimum atomic E-state index is -0.0845. The molecule has 0 unspecified atom stereocenters. The summed E-state index contributed by atoms with van der Waals surface area (Å²) in [6, 6.07) is 11.5. The van der Waals surface area contributed by atoms with Crippen molar-refractivity contribution >= 4 is 43.6 Å². The van der Waals surface area contributed by atoms with Crippen LogP contribution in [0.3, 0.4) is 0 Å². The molecule has 0 radical (unpaired) electrons. The van der Waals surface area contributed by atoms with Gasteiger partial charge in [0.25, 0.3) is 0 Å². The van der Waals surface area contributed by atoms with Gasteiger partial charge in [0.05, 0.1) is 10.9 Å². The molecule has 0 fully saturated rings. The number of H-pyrrole nitrogens is 1. The molecule has 0 bridgehead atoms. The summed E-state index contributed by atoms with van der Waals surface area (Å²) in [5.41, 5.74) is 3.86. The Balaban J connectivity index is 1.96. The third-order valence-corrected chi connectivity index (χ3v) is 5.25. The first kappa shape index (κ1) is 16.8. The Kier molecular flexibility index (Phi) is 3.64. The standard InChI is InChI=1S/C22H19N5O/c1-27(2)9-7-12-5-6-16-14(10-12)15-11-17(23)26-20-18(15)21(25-16)22(28)13-4-3-8-24-19(13)20/h3-6,8,10-11,23,25H,7,9H2,1-2H3. The van der Waals surface area contributed by atoms with E-state index in [0.29, 0.717) is 21.9 Å². The SMILES string of the molecule is CN(C)CCc1ccc2[nH]c3c(=O)c4cccnc4c4nc(=N)cc(c2c1)c34. The number of likely N-dealkylation sites (N-methyl/N-ethyl adjacent to an activating group) is 1. The average Bonchev–Trinajstić information content (AvgIpc) is 2.70. The summed E-state index contributed by atoms with van der Waals surface area (Å²) >= 11 is 0. The lowest BCUT2D eigenvalue weighted by molar-refractivity contribution is 0.414. The minimum Gasteiger partial charge on any atom is -0.351 e. The monoisotopic (exact) mass is 369 g/mol. The van der Waals surface area contributed by atoms with Crippen LogP contribution in [-0.4, -0.2) is 40.5 Å². The first-order valence-corrected chi connectivity index (χ1v) is 9.22. The molecule has 3 aromatic heterocycles. The molecule has 0 spiro atoms. The zero-order valence-electron chi connectivity index (χ0n) is 15.7. The van der Waals surface area contributed by atoms with Gasteiger partial charge in [0.2, 0.25) is 5.43 Å². The second-order valence-electron chi connectivity index (χ2n) is 7.44. The Bertz CT molecular complexity index is 1490. The molecule has 0 amide bonds. The normalized spacial score (nSPS) is 12.1. The summed E-state index contributed by atoms with van der Waals surface area (Å²) in [5, 5.41) is 11.4. The van der Waals surface area contributed by atoms with Crippen molar-refractivity contribution in [3.63, 3.8) is 0 Å². The number of nitrogens with one attached hydrogen (secondary N) is 2. The van der Waals surface area contributed by atoms with Crippen molar-refractivity contribution < 1.29 is 0 Å². The lowest BCUT2D eigenvalue weighted by atomic mass is 9.99. The number of nitrogens with zero attached hydrogens (tertiary/aromatic N) is 3. The van der Waals surface area contributed by atoms with Gasteiger partial charge in [-0.3, -0.25) is 15.2 Å². The number of aromatic amines is 1. The molecule has 28 heavy (non-hydrogen) atoms. The molecule has 2 N–H and O–H groups in total. The number of hydrogen-bond donors (Lipinski definition) is 2. The summed E-state index contributed by atoms with van der Waals surface area (Å²) in [6.07, 6.45) is 2.59. The van der Waals surface area contributed by atoms with E-state index in [9.17, 15) is 4.79 Å². The Morgan fingerprint density at radius 3 is 2.75 bits per heavy atom. The zero-order chi connectivity index (χ0) is 19.4. The highest BCUT2D eigenvalue weighted by Crippen LogP contribution is 2.31. The molecule has 0 atom stereocenters. The van der Waals surface area contributed by atoms with Crippen LogP contribution < -0.4 is 10.9 Å². The summed E-state index contributed by atoms with van der Waals surface area (Å²) in [4.78, 5) is 27.4. The van der Waals surface area contributed by atoms with Gasteiger partial charge in [-0.2, -0.15) is 0 Å². The first-order chi connectivity index (χ1) is 13.5. The summed E-state index contributed by atoms with van der Waals surface area (Å²) in [5.74, 6) is 0. The third-order valence-electron chi connectivity index (χ3n) is 5.25. The minimum absolute atomic E-state index is 0.0845. The largest absolute Gasteiger partial charge is 0.351 e. The zero-order valence-corrected chi connectivity index (χ0v) is 15.7. The smallest absolute Gasteiger partial charge is 0.212 e. The van der Waals surface area contributed by atoms with Crippen LogP contribution in [0.5, 0.6) is 0 Å². The predicted octanol–water partition coefficient (Wildman–Crippen LogP) is 2.80. The number of benzene rings is 2. The van der Waals surface area contributed by atoms with E-state index in [1.807, 2.05) is 6.07 Å². The van der Waals surface area contributed by atoms with Crippen LogP contribution >= 0.6 is 0 Å². The van der Waals surface area contributed by atoms with Gasteiger partial charge >= 0.3 is 0 Å². The fourth-order valence-electron chi connectivity index (χ4n) is 3.89. The molecule has 5 rings (SSSR count). The van der Waals surface area contributed by atoms with Crippen LogP contribution in [0.1, 0.15) is 5.56 Å². The lowest BCUT2D eigenvalue weighted by Crippen LogP contribution is -2.15. The lowest BCUT2D eigenvalue weighted by Gasteiger charge is -2.13. The second kappa shape index (κ2) is 6.07. The van der Waals surface area contributed by atoms with Crippen molar-refractivity contribution in [1.82, 2.24) is 19.9 Å². The molecule has 0 saturated carbocycles. The number of aromatic nitrogens is 3. The summed E-state index contributed by atoms with van der Waals surface area (Å²) in [7, 11) is 4.12. The van der Waals surface area contributed by atoms with Crippen molar-refractivity contribution in [2.45, 2.75) is 6.42 Å². The van der Waals surface area contributed by atoms with E-state index in [4.69, 9.17) is 5.41 Å². The van der Waals surface area contributed by atoms with E-state index in [1.165, 1.54) is 5.56 Å². The van der Waals surface area contributed by atoms with Crippen LogP contribution in [0.4, 0.5) is 0 Å². The number of hydrogen-bond acceptors (Lipinski definition) is 5. The van der Waals surface area contributed by atoms with Gasteiger partial charge in [0.1, 0.15) is 16.5 Å².